The van der Waals surface area contributed by atoms with Gasteiger partial charge in [0.2, 0.25) is 0 Å². The van der Waals surface area contributed by atoms with Gasteiger partial charge >= 0.3 is 0 Å². The van der Waals surface area contributed by atoms with E-state index in [0.29, 0.717) is 16.9 Å². The van der Waals surface area contributed by atoms with Gasteiger partial charge in [0.1, 0.15) is 11.6 Å². The number of aliphatic hydroxyl groups is 1. The van der Waals surface area contributed by atoms with E-state index in [1.807, 2.05) is 6.07 Å². The van der Waals surface area contributed by atoms with Crippen molar-refractivity contribution in [1.29, 1.82) is 0 Å². The molecule has 0 saturated heterocycles. The molecule has 82 valence electrons. The Labute approximate surface area is 93.0 Å². The number of anilines is 1. The molecule has 0 saturated carbocycles. The second-order valence-electron chi connectivity index (χ2n) is 3.44. The predicted molar refractivity (Wildman–Crippen MR) is 61.7 cm³/mol. The molecule has 4 heteroatoms. The third-order valence-electron chi connectivity index (χ3n) is 2.39. The number of nitrogens with zero attached hydrogens (tertiary/aromatic N) is 1. The van der Waals surface area contributed by atoms with E-state index >= 15 is 0 Å². The summed E-state index contributed by atoms with van der Waals surface area (Å²) in [7, 11) is 0. The number of nitrogens with two attached hydrogens (primary N) is 1. The lowest BCUT2D eigenvalue weighted by atomic mass is 10.0. The fourth-order valence-electron chi connectivity index (χ4n) is 1.51. The number of para-hydroxylation sites is 1. The minimum Gasteiger partial charge on any atom is -0.507 e. The summed E-state index contributed by atoms with van der Waals surface area (Å²) in [5, 5.41) is 18.8. The number of aromatic nitrogens is 1. The molecule has 4 nitrogen and oxygen atoms in total. The SMILES string of the molecule is Nc1ncc(-c2ccccc2O)cc1CO. The number of hydrogen-bond acceptors (Lipinski definition) is 4. The zero-order valence-corrected chi connectivity index (χ0v) is 8.59. The molecule has 0 bridgehead atoms. The fourth-order valence-corrected chi connectivity index (χ4v) is 1.51. The highest BCUT2D eigenvalue weighted by atomic mass is 16.3. The van der Waals surface area contributed by atoms with E-state index in [2.05, 4.69) is 4.98 Å². The van der Waals surface area contributed by atoms with Gasteiger partial charge in [-0.05, 0) is 12.1 Å². The molecule has 0 spiro atoms. The molecule has 1 heterocycles. The molecule has 0 amide bonds. The first-order valence-electron chi connectivity index (χ1n) is 4.86. The van der Waals surface area contributed by atoms with E-state index in [4.69, 9.17) is 10.8 Å². The summed E-state index contributed by atoms with van der Waals surface area (Å²) in [5.74, 6) is 0.486. The van der Waals surface area contributed by atoms with Gasteiger partial charge in [0.05, 0.1) is 6.61 Å². The van der Waals surface area contributed by atoms with E-state index in [0.717, 1.165) is 5.56 Å². The standard InChI is InChI=1S/C12H12N2O2/c13-12-9(7-15)5-8(6-14-12)10-3-1-2-4-11(10)16/h1-6,15-16H,7H2,(H2,13,14). The number of rotatable bonds is 2. The van der Waals surface area contributed by atoms with Gasteiger partial charge in [0, 0.05) is 22.9 Å². The van der Waals surface area contributed by atoms with Gasteiger partial charge in [-0.25, -0.2) is 4.98 Å². The summed E-state index contributed by atoms with van der Waals surface area (Å²) in [6.45, 7) is -0.166. The highest BCUT2D eigenvalue weighted by Crippen LogP contribution is 2.29. The number of hydrogen-bond donors (Lipinski definition) is 3. The molecule has 0 atom stereocenters. The van der Waals surface area contributed by atoms with Crippen LogP contribution in [0.15, 0.2) is 36.5 Å². The summed E-state index contributed by atoms with van der Waals surface area (Å²) in [4.78, 5) is 3.97. The van der Waals surface area contributed by atoms with Gasteiger partial charge in [0.15, 0.2) is 0 Å². The molecule has 2 aromatic rings. The Morgan fingerprint density at radius 2 is 2.00 bits per heavy atom. The number of aliphatic hydroxyl groups excluding tert-OH is 1. The molecule has 4 N–H and O–H groups in total. The van der Waals surface area contributed by atoms with E-state index in [1.165, 1.54) is 0 Å². The zero-order chi connectivity index (χ0) is 11.5. The maximum atomic E-state index is 9.68. The Balaban J connectivity index is 2.53. The lowest BCUT2D eigenvalue weighted by Gasteiger charge is -2.07. The van der Waals surface area contributed by atoms with E-state index in [-0.39, 0.29) is 12.4 Å². The quantitative estimate of drug-likeness (QED) is 0.711. The Hall–Kier alpha value is -2.07. The van der Waals surface area contributed by atoms with Crippen LogP contribution in [-0.4, -0.2) is 15.2 Å². The average Bonchev–Trinajstić information content (AvgIpc) is 2.31. The molecule has 0 radical (unpaired) electrons. The Morgan fingerprint density at radius 1 is 1.25 bits per heavy atom. The minimum atomic E-state index is -0.166. The largest absolute Gasteiger partial charge is 0.507 e. The van der Waals surface area contributed by atoms with E-state index < -0.39 is 0 Å². The molecule has 16 heavy (non-hydrogen) atoms. The lowest BCUT2D eigenvalue weighted by molar-refractivity contribution is 0.282. The third kappa shape index (κ3) is 1.83. The number of benzene rings is 1. The first-order valence-corrected chi connectivity index (χ1v) is 4.86. The van der Waals surface area contributed by atoms with Gasteiger partial charge in [-0.2, -0.15) is 0 Å². The first-order chi connectivity index (χ1) is 7.72. The van der Waals surface area contributed by atoms with Crippen LogP contribution in [0.3, 0.4) is 0 Å². The second kappa shape index (κ2) is 4.20. The van der Waals surface area contributed by atoms with Gasteiger partial charge in [0.25, 0.3) is 0 Å². The van der Waals surface area contributed by atoms with Crippen LogP contribution in [-0.2, 0) is 6.61 Å². The highest BCUT2D eigenvalue weighted by Gasteiger charge is 2.06. The highest BCUT2D eigenvalue weighted by molar-refractivity contribution is 5.70. The van der Waals surface area contributed by atoms with Crippen molar-refractivity contribution < 1.29 is 10.2 Å². The van der Waals surface area contributed by atoms with Gasteiger partial charge < -0.3 is 15.9 Å². The van der Waals surface area contributed by atoms with Crippen LogP contribution in [0, 0.1) is 0 Å². The zero-order valence-electron chi connectivity index (χ0n) is 8.59. The van der Waals surface area contributed by atoms with Crippen molar-refractivity contribution in [3.05, 3.63) is 42.1 Å². The van der Waals surface area contributed by atoms with Crippen LogP contribution in [0.5, 0.6) is 5.75 Å². The van der Waals surface area contributed by atoms with Gasteiger partial charge in [-0.15, -0.1) is 0 Å². The fraction of sp³-hybridized carbons (Fsp3) is 0.0833. The number of aromatic hydroxyl groups is 1. The normalized spacial score (nSPS) is 10.3. The van der Waals surface area contributed by atoms with Crippen molar-refractivity contribution in [1.82, 2.24) is 4.98 Å². The molecule has 0 aliphatic heterocycles. The monoisotopic (exact) mass is 216 g/mol. The van der Waals surface area contributed by atoms with Crippen LogP contribution in [0.25, 0.3) is 11.1 Å². The van der Waals surface area contributed by atoms with Crippen molar-refractivity contribution in [2.24, 2.45) is 0 Å². The molecular formula is C12H12N2O2. The van der Waals surface area contributed by atoms with Gasteiger partial charge in [-0.3, -0.25) is 0 Å². The van der Waals surface area contributed by atoms with Crippen LogP contribution >= 0.6 is 0 Å². The van der Waals surface area contributed by atoms with Crippen molar-refractivity contribution in [2.45, 2.75) is 6.61 Å². The van der Waals surface area contributed by atoms with Crippen LogP contribution < -0.4 is 5.73 Å². The number of phenolic OH excluding ortho intramolecular Hbond substituents is 1. The van der Waals surface area contributed by atoms with Crippen molar-refractivity contribution >= 4 is 5.82 Å². The third-order valence-corrected chi connectivity index (χ3v) is 2.39. The topological polar surface area (TPSA) is 79.4 Å². The Morgan fingerprint density at radius 3 is 2.69 bits per heavy atom. The van der Waals surface area contributed by atoms with E-state index in [1.54, 1.807) is 30.5 Å². The summed E-state index contributed by atoms with van der Waals surface area (Å²) < 4.78 is 0. The second-order valence-corrected chi connectivity index (χ2v) is 3.44. The summed E-state index contributed by atoms with van der Waals surface area (Å²) in [5.41, 5.74) is 7.54. The van der Waals surface area contributed by atoms with Crippen LogP contribution in [0.4, 0.5) is 5.82 Å². The lowest BCUT2D eigenvalue weighted by Crippen LogP contribution is -1.98. The van der Waals surface area contributed by atoms with Crippen molar-refractivity contribution in [3.63, 3.8) is 0 Å². The smallest absolute Gasteiger partial charge is 0.128 e. The molecule has 0 unspecified atom stereocenters. The molecule has 0 aliphatic carbocycles. The molecule has 0 fully saturated rings. The average molecular weight is 216 g/mol. The van der Waals surface area contributed by atoms with Crippen molar-refractivity contribution in [2.75, 3.05) is 5.73 Å². The number of pyridine rings is 1. The number of nitrogen functional groups attached to an aromatic ring is 1. The van der Waals surface area contributed by atoms with Crippen LogP contribution in [0.1, 0.15) is 5.56 Å². The molecule has 2 rings (SSSR count). The van der Waals surface area contributed by atoms with Crippen LogP contribution in [0.2, 0.25) is 0 Å². The van der Waals surface area contributed by atoms with Gasteiger partial charge in [-0.1, -0.05) is 18.2 Å². The summed E-state index contributed by atoms with van der Waals surface area (Å²) in [6.07, 6.45) is 1.57. The maximum Gasteiger partial charge on any atom is 0.128 e. The maximum absolute atomic E-state index is 9.68. The Kier molecular flexibility index (Phi) is 2.74. The number of phenols is 1. The van der Waals surface area contributed by atoms with Crippen molar-refractivity contribution in [3.8, 4) is 16.9 Å². The first kappa shape index (κ1) is 10.4. The molecular weight excluding hydrogens is 204 g/mol. The molecule has 1 aromatic heterocycles. The molecule has 0 aliphatic rings. The summed E-state index contributed by atoms with van der Waals surface area (Å²) >= 11 is 0. The minimum absolute atomic E-state index is 0.166. The molecule has 1 aromatic carbocycles. The predicted octanol–water partition coefficient (Wildman–Crippen LogP) is 1.53. The van der Waals surface area contributed by atoms with E-state index in [9.17, 15) is 5.11 Å². The Bertz CT molecular complexity index is 512. The summed E-state index contributed by atoms with van der Waals surface area (Å²) in [6, 6.07) is 8.67.